The Kier molecular flexibility index (Phi) is 5.62. The number of hydrogen-bond acceptors (Lipinski definition) is 6. The number of pyridine rings is 1. The van der Waals surface area contributed by atoms with E-state index in [1.165, 1.54) is 28.0 Å². The van der Waals surface area contributed by atoms with Crippen molar-refractivity contribution in [2.75, 3.05) is 0 Å². The number of carbonyl (C=O) groups is 1. The Morgan fingerprint density at radius 1 is 1.07 bits per heavy atom. The van der Waals surface area contributed by atoms with E-state index in [1.807, 2.05) is 23.6 Å². The molecular weight excluding hydrogens is 433 g/mol. The molecule has 4 rings (SSSR count). The quantitative estimate of drug-likeness (QED) is 0.425. The van der Waals surface area contributed by atoms with Crippen molar-refractivity contribution in [2.45, 2.75) is 13.0 Å². The van der Waals surface area contributed by atoms with E-state index in [1.54, 1.807) is 18.2 Å². The molecule has 0 spiro atoms. The number of aromatic nitrogens is 3. The molecule has 3 aromatic heterocycles. The number of esters is 1. The van der Waals surface area contributed by atoms with Crippen molar-refractivity contribution in [2.24, 2.45) is 0 Å². The lowest BCUT2D eigenvalue weighted by Gasteiger charge is -2.06. The van der Waals surface area contributed by atoms with Crippen LogP contribution in [0.2, 0.25) is 10.0 Å². The minimum absolute atomic E-state index is 0.0270. The van der Waals surface area contributed by atoms with E-state index in [4.69, 9.17) is 27.9 Å². The predicted molar refractivity (Wildman–Crippen MR) is 113 cm³/mol. The average molecular weight is 446 g/mol. The zero-order valence-electron chi connectivity index (χ0n) is 14.8. The second kappa shape index (κ2) is 8.32. The van der Waals surface area contributed by atoms with Gasteiger partial charge in [-0.3, -0.25) is 14.0 Å². The standard InChI is InChI=1S/C20H13Cl2N3O3S/c21-13-3-1-2-12(6-13)20-24-16(11-29-20)8-19(27)28-10-15-7-18(26)25-9-14(22)4-5-17(25)23-15/h1-7,9,11H,8,10H2. The third-order valence-corrected chi connectivity index (χ3v) is 5.41. The molecule has 0 N–H and O–H groups in total. The minimum Gasteiger partial charge on any atom is -0.459 e. The Bertz CT molecular complexity index is 1270. The third-order valence-electron chi connectivity index (χ3n) is 4.01. The van der Waals surface area contributed by atoms with Gasteiger partial charge in [-0.25, -0.2) is 9.97 Å². The summed E-state index contributed by atoms with van der Waals surface area (Å²) in [5, 5.41) is 3.64. The fourth-order valence-electron chi connectivity index (χ4n) is 2.70. The Morgan fingerprint density at radius 3 is 2.76 bits per heavy atom. The Morgan fingerprint density at radius 2 is 1.93 bits per heavy atom. The lowest BCUT2D eigenvalue weighted by molar-refractivity contribution is -0.144. The monoisotopic (exact) mass is 445 g/mol. The molecule has 0 aliphatic heterocycles. The topological polar surface area (TPSA) is 73.6 Å². The summed E-state index contributed by atoms with van der Waals surface area (Å²) in [6.45, 7) is -0.0987. The zero-order chi connectivity index (χ0) is 20.4. The maximum atomic E-state index is 12.2. The number of hydrogen-bond donors (Lipinski definition) is 0. The molecule has 29 heavy (non-hydrogen) atoms. The summed E-state index contributed by atoms with van der Waals surface area (Å²) in [5.74, 6) is -0.453. The number of thiazole rings is 1. The highest BCUT2D eigenvalue weighted by Gasteiger charge is 2.12. The molecule has 0 fully saturated rings. The summed E-state index contributed by atoms with van der Waals surface area (Å²) in [6.07, 6.45) is 1.51. The summed E-state index contributed by atoms with van der Waals surface area (Å²) >= 11 is 13.3. The van der Waals surface area contributed by atoms with Gasteiger partial charge in [0, 0.05) is 28.2 Å². The smallest absolute Gasteiger partial charge is 0.312 e. The first-order chi connectivity index (χ1) is 14.0. The van der Waals surface area contributed by atoms with Gasteiger partial charge in [0.25, 0.3) is 5.56 Å². The van der Waals surface area contributed by atoms with E-state index in [2.05, 4.69) is 9.97 Å². The van der Waals surface area contributed by atoms with Crippen molar-refractivity contribution in [1.29, 1.82) is 0 Å². The summed E-state index contributed by atoms with van der Waals surface area (Å²) in [6, 6.07) is 11.9. The summed E-state index contributed by atoms with van der Waals surface area (Å²) in [5.41, 5.74) is 2.00. The van der Waals surface area contributed by atoms with Crippen LogP contribution in [0, 0.1) is 0 Å². The van der Waals surface area contributed by atoms with Gasteiger partial charge >= 0.3 is 5.97 Å². The van der Waals surface area contributed by atoms with E-state index >= 15 is 0 Å². The summed E-state index contributed by atoms with van der Waals surface area (Å²) in [4.78, 5) is 33.1. The van der Waals surface area contributed by atoms with Gasteiger partial charge in [0.15, 0.2) is 0 Å². The van der Waals surface area contributed by atoms with Crippen LogP contribution in [0.15, 0.2) is 58.8 Å². The number of ether oxygens (including phenoxy) is 1. The molecule has 0 radical (unpaired) electrons. The van der Waals surface area contributed by atoms with Crippen molar-refractivity contribution in [3.8, 4) is 10.6 Å². The zero-order valence-corrected chi connectivity index (χ0v) is 17.2. The number of carbonyl (C=O) groups excluding carboxylic acids is 1. The molecule has 0 aliphatic rings. The molecule has 9 heteroatoms. The highest BCUT2D eigenvalue weighted by Crippen LogP contribution is 2.26. The molecular formula is C20H13Cl2N3O3S. The molecule has 146 valence electrons. The molecule has 4 aromatic rings. The maximum Gasteiger partial charge on any atom is 0.312 e. The predicted octanol–water partition coefficient (Wildman–Crippen LogP) is 4.41. The molecule has 1 aromatic carbocycles. The Hall–Kier alpha value is -2.74. The fraction of sp³-hybridized carbons (Fsp3) is 0.100. The highest BCUT2D eigenvalue weighted by atomic mass is 35.5. The third kappa shape index (κ3) is 4.64. The summed E-state index contributed by atoms with van der Waals surface area (Å²) in [7, 11) is 0. The second-order valence-electron chi connectivity index (χ2n) is 6.15. The molecule has 0 saturated heterocycles. The molecule has 3 heterocycles. The highest BCUT2D eigenvalue weighted by molar-refractivity contribution is 7.13. The first kappa shape index (κ1) is 19.6. The molecule has 0 aliphatic carbocycles. The molecule has 6 nitrogen and oxygen atoms in total. The first-order valence-electron chi connectivity index (χ1n) is 8.52. The SMILES string of the molecule is O=C(Cc1csc(-c2cccc(Cl)c2)n1)OCc1cc(=O)n2cc(Cl)ccc2n1. The van der Waals surface area contributed by atoms with Gasteiger partial charge in [0.2, 0.25) is 0 Å². The number of benzene rings is 1. The second-order valence-corrected chi connectivity index (χ2v) is 7.88. The molecule has 0 saturated carbocycles. The van der Waals surface area contributed by atoms with E-state index in [9.17, 15) is 9.59 Å². The van der Waals surface area contributed by atoms with Gasteiger partial charge in [-0.15, -0.1) is 11.3 Å². The van der Waals surface area contributed by atoms with Crippen LogP contribution >= 0.6 is 34.5 Å². The minimum atomic E-state index is -0.453. The van der Waals surface area contributed by atoms with Crippen LogP contribution in [-0.2, 0) is 22.6 Å². The van der Waals surface area contributed by atoms with E-state index in [-0.39, 0.29) is 18.6 Å². The van der Waals surface area contributed by atoms with E-state index < -0.39 is 5.97 Å². The van der Waals surface area contributed by atoms with Crippen molar-refractivity contribution in [3.63, 3.8) is 0 Å². The largest absolute Gasteiger partial charge is 0.459 e. The normalized spacial score (nSPS) is 11.0. The Labute approximate surface area is 179 Å². The van der Waals surface area contributed by atoms with Crippen LogP contribution in [0.4, 0.5) is 0 Å². The van der Waals surface area contributed by atoms with Crippen LogP contribution < -0.4 is 5.56 Å². The first-order valence-corrected chi connectivity index (χ1v) is 10.2. The van der Waals surface area contributed by atoms with E-state index in [0.29, 0.717) is 27.1 Å². The van der Waals surface area contributed by atoms with Gasteiger partial charge in [0.05, 0.1) is 22.8 Å². The number of halogens is 2. The molecule has 0 unspecified atom stereocenters. The van der Waals surface area contributed by atoms with Crippen molar-refractivity contribution in [1.82, 2.24) is 14.4 Å². The van der Waals surface area contributed by atoms with Crippen molar-refractivity contribution < 1.29 is 9.53 Å². The number of rotatable bonds is 5. The van der Waals surface area contributed by atoms with Crippen LogP contribution in [0.5, 0.6) is 0 Å². The fourth-order valence-corrected chi connectivity index (χ4v) is 3.86. The van der Waals surface area contributed by atoms with Gasteiger partial charge in [-0.1, -0.05) is 35.3 Å². The van der Waals surface area contributed by atoms with Gasteiger partial charge in [-0.05, 0) is 24.3 Å². The average Bonchev–Trinajstić information content (AvgIpc) is 3.15. The van der Waals surface area contributed by atoms with Crippen LogP contribution in [-0.4, -0.2) is 20.3 Å². The lowest BCUT2D eigenvalue weighted by atomic mass is 10.2. The van der Waals surface area contributed by atoms with Crippen molar-refractivity contribution >= 4 is 46.2 Å². The van der Waals surface area contributed by atoms with E-state index in [0.717, 1.165) is 10.6 Å². The van der Waals surface area contributed by atoms with Crippen LogP contribution in [0.25, 0.3) is 16.2 Å². The number of fused-ring (bicyclic) bond motifs is 1. The maximum absolute atomic E-state index is 12.2. The van der Waals surface area contributed by atoms with Crippen molar-refractivity contribution in [3.05, 3.63) is 85.8 Å². The van der Waals surface area contributed by atoms with Gasteiger partial charge < -0.3 is 4.74 Å². The summed E-state index contributed by atoms with van der Waals surface area (Å²) < 4.78 is 6.60. The molecule has 0 amide bonds. The molecule has 0 atom stereocenters. The van der Waals surface area contributed by atoms with Crippen LogP contribution in [0.1, 0.15) is 11.4 Å². The molecule has 0 bridgehead atoms. The van der Waals surface area contributed by atoms with Gasteiger partial charge in [-0.2, -0.15) is 0 Å². The number of nitrogens with zero attached hydrogens (tertiary/aromatic N) is 3. The van der Waals surface area contributed by atoms with Gasteiger partial charge in [0.1, 0.15) is 17.3 Å². The lowest BCUT2D eigenvalue weighted by Crippen LogP contribution is -2.17. The Balaban J connectivity index is 1.41. The van der Waals surface area contributed by atoms with Crippen LogP contribution in [0.3, 0.4) is 0 Å².